The normalized spacial score (nSPS) is 24.9. The molecule has 2 N–H and O–H groups in total. The Morgan fingerprint density at radius 1 is 1.29 bits per heavy atom. The highest BCUT2D eigenvalue weighted by molar-refractivity contribution is 6.58. The molecular formula is C16H24BFO3. The Kier molecular flexibility index (Phi) is 5.07. The molecule has 5 heteroatoms. The molecule has 0 radical (unpaired) electrons. The quantitative estimate of drug-likeness (QED) is 0.837. The SMILES string of the molecule is CC1CC(OCc2cc(F)cc(B(O)O)c2)CC(C)(C)C1. The molecule has 1 saturated carbocycles. The second-order valence-electron chi connectivity index (χ2n) is 7.11. The van der Waals surface area contributed by atoms with Crippen molar-refractivity contribution in [1.82, 2.24) is 0 Å². The Labute approximate surface area is 126 Å². The summed E-state index contributed by atoms with van der Waals surface area (Å²) in [6.45, 7) is 7.04. The van der Waals surface area contributed by atoms with Crippen LogP contribution in [0.25, 0.3) is 0 Å². The summed E-state index contributed by atoms with van der Waals surface area (Å²) >= 11 is 0. The maximum absolute atomic E-state index is 13.5. The molecule has 3 nitrogen and oxygen atoms in total. The van der Waals surface area contributed by atoms with E-state index in [2.05, 4.69) is 20.8 Å². The zero-order chi connectivity index (χ0) is 15.6. The molecule has 0 heterocycles. The van der Waals surface area contributed by atoms with Crippen molar-refractivity contribution in [2.75, 3.05) is 0 Å². The molecule has 1 aromatic carbocycles. The first-order valence-corrected chi connectivity index (χ1v) is 7.52. The summed E-state index contributed by atoms with van der Waals surface area (Å²) in [6, 6.07) is 4.08. The largest absolute Gasteiger partial charge is 0.488 e. The molecule has 1 aliphatic carbocycles. The first kappa shape index (κ1) is 16.5. The summed E-state index contributed by atoms with van der Waals surface area (Å²) in [5.41, 5.74) is 1.07. The second-order valence-corrected chi connectivity index (χ2v) is 7.11. The average molecular weight is 294 g/mol. The molecule has 1 fully saturated rings. The van der Waals surface area contributed by atoms with Crippen molar-refractivity contribution in [3.05, 3.63) is 29.6 Å². The minimum atomic E-state index is -1.66. The monoisotopic (exact) mass is 294 g/mol. The van der Waals surface area contributed by atoms with E-state index in [1.165, 1.54) is 12.5 Å². The van der Waals surface area contributed by atoms with Crippen LogP contribution in [0, 0.1) is 17.2 Å². The summed E-state index contributed by atoms with van der Waals surface area (Å²) in [7, 11) is -1.66. The van der Waals surface area contributed by atoms with Crippen molar-refractivity contribution in [3.8, 4) is 0 Å². The number of hydrogen-bond donors (Lipinski definition) is 2. The van der Waals surface area contributed by atoms with E-state index >= 15 is 0 Å². The minimum absolute atomic E-state index is 0.158. The van der Waals surface area contributed by atoms with Crippen LogP contribution in [0.4, 0.5) is 4.39 Å². The van der Waals surface area contributed by atoms with Crippen molar-refractivity contribution in [3.63, 3.8) is 0 Å². The molecule has 0 aromatic heterocycles. The van der Waals surface area contributed by atoms with Crippen LogP contribution in [0.3, 0.4) is 0 Å². The van der Waals surface area contributed by atoms with E-state index in [-0.39, 0.29) is 17.0 Å². The summed E-state index contributed by atoms with van der Waals surface area (Å²) in [4.78, 5) is 0. The number of rotatable bonds is 4. The third kappa shape index (κ3) is 4.80. The third-order valence-corrected chi connectivity index (χ3v) is 4.11. The molecule has 2 atom stereocenters. The number of hydrogen-bond acceptors (Lipinski definition) is 3. The van der Waals surface area contributed by atoms with E-state index in [0.717, 1.165) is 18.9 Å². The Balaban J connectivity index is 1.99. The van der Waals surface area contributed by atoms with Gasteiger partial charge in [0.05, 0.1) is 12.7 Å². The lowest BCUT2D eigenvalue weighted by Crippen LogP contribution is -2.33. The van der Waals surface area contributed by atoms with E-state index in [1.807, 2.05) is 0 Å². The standard InChI is InChI=1S/C16H24BFO3/c1-11-4-15(9-16(2,3)8-11)21-10-12-5-13(17(19)20)7-14(18)6-12/h5-7,11,15,19-20H,4,8-10H2,1-3H3. The average Bonchev–Trinajstić information content (AvgIpc) is 2.33. The van der Waals surface area contributed by atoms with E-state index in [9.17, 15) is 4.39 Å². The maximum Gasteiger partial charge on any atom is 0.488 e. The van der Waals surface area contributed by atoms with Gasteiger partial charge in [-0.1, -0.05) is 26.8 Å². The Bertz CT molecular complexity index is 490. The van der Waals surface area contributed by atoms with Gasteiger partial charge >= 0.3 is 7.12 Å². The molecule has 116 valence electrons. The molecule has 0 amide bonds. The van der Waals surface area contributed by atoms with E-state index in [4.69, 9.17) is 14.8 Å². The lowest BCUT2D eigenvalue weighted by molar-refractivity contribution is -0.0316. The van der Waals surface area contributed by atoms with Gasteiger partial charge < -0.3 is 14.8 Å². The van der Waals surface area contributed by atoms with Gasteiger partial charge in [-0.05, 0) is 53.8 Å². The van der Waals surface area contributed by atoms with Crippen LogP contribution in [0.2, 0.25) is 0 Å². The van der Waals surface area contributed by atoms with Crippen LogP contribution in [0.15, 0.2) is 18.2 Å². The van der Waals surface area contributed by atoms with Crippen LogP contribution >= 0.6 is 0 Å². The zero-order valence-corrected chi connectivity index (χ0v) is 13.0. The molecule has 2 rings (SSSR count). The fourth-order valence-electron chi connectivity index (χ4n) is 3.51. The van der Waals surface area contributed by atoms with Gasteiger partial charge in [-0.15, -0.1) is 0 Å². The predicted octanol–water partition coefficient (Wildman–Crippen LogP) is 2.24. The smallest absolute Gasteiger partial charge is 0.423 e. The number of halogens is 1. The van der Waals surface area contributed by atoms with Crippen LogP contribution in [0.1, 0.15) is 45.6 Å². The van der Waals surface area contributed by atoms with E-state index in [0.29, 0.717) is 18.1 Å². The van der Waals surface area contributed by atoms with Crippen molar-refractivity contribution < 1.29 is 19.2 Å². The van der Waals surface area contributed by atoms with Gasteiger partial charge in [-0.25, -0.2) is 4.39 Å². The van der Waals surface area contributed by atoms with Gasteiger partial charge in [0.2, 0.25) is 0 Å². The molecule has 21 heavy (non-hydrogen) atoms. The summed E-state index contributed by atoms with van der Waals surface area (Å²) in [6.07, 6.45) is 3.40. The molecule has 0 saturated heterocycles. The molecule has 2 unspecified atom stereocenters. The van der Waals surface area contributed by atoms with Gasteiger partial charge in [0.15, 0.2) is 0 Å². The highest BCUT2D eigenvalue weighted by Gasteiger charge is 2.32. The zero-order valence-electron chi connectivity index (χ0n) is 13.0. The fourth-order valence-corrected chi connectivity index (χ4v) is 3.51. The van der Waals surface area contributed by atoms with Gasteiger partial charge in [-0.2, -0.15) is 0 Å². The van der Waals surface area contributed by atoms with Crippen molar-refractivity contribution >= 4 is 12.6 Å². The van der Waals surface area contributed by atoms with E-state index < -0.39 is 12.9 Å². The maximum atomic E-state index is 13.5. The van der Waals surface area contributed by atoms with Crippen LogP contribution in [0.5, 0.6) is 0 Å². The lowest BCUT2D eigenvalue weighted by atomic mass is 9.71. The van der Waals surface area contributed by atoms with Crippen LogP contribution < -0.4 is 5.46 Å². The number of ether oxygens (including phenoxy) is 1. The fraction of sp³-hybridized carbons (Fsp3) is 0.625. The predicted molar refractivity (Wildman–Crippen MR) is 81.6 cm³/mol. The first-order chi connectivity index (χ1) is 9.75. The van der Waals surface area contributed by atoms with Crippen molar-refractivity contribution in [2.24, 2.45) is 11.3 Å². The Hall–Kier alpha value is -0.905. The summed E-state index contributed by atoms with van der Waals surface area (Å²) < 4.78 is 19.4. The molecule has 1 aromatic rings. The van der Waals surface area contributed by atoms with Crippen LogP contribution in [-0.2, 0) is 11.3 Å². The molecular weight excluding hydrogens is 270 g/mol. The lowest BCUT2D eigenvalue weighted by Gasteiger charge is -2.38. The highest BCUT2D eigenvalue weighted by atomic mass is 19.1. The van der Waals surface area contributed by atoms with E-state index in [1.54, 1.807) is 6.07 Å². The first-order valence-electron chi connectivity index (χ1n) is 7.52. The minimum Gasteiger partial charge on any atom is -0.423 e. The van der Waals surface area contributed by atoms with Gasteiger partial charge in [0.25, 0.3) is 0 Å². The van der Waals surface area contributed by atoms with Crippen molar-refractivity contribution in [1.29, 1.82) is 0 Å². The van der Waals surface area contributed by atoms with Crippen molar-refractivity contribution in [2.45, 2.75) is 52.7 Å². The topological polar surface area (TPSA) is 49.7 Å². The van der Waals surface area contributed by atoms with Gasteiger partial charge in [-0.3, -0.25) is 0 Å². The number of benzene rings is 1. The second kappa shape index (κ2) is 6.47. The summed E-state index contributed by atoms with van der Waals surface area (Å²) in [5.74, 6) is 0.151. The van der Waals surface area contributed by atoms with Crippen LogP contribution in [-0.4, -0.2) is 23.3 Å². The molecule has 0 aliphatic heterocycles. The third-order valence-electron chi connectivity index (χ3n) is 4.11. The summed E-state index contributed by atoms with van der Waals surface area (Å²) in [5, 5.41) is 18.3. The van der Waals surface area contributed by atoms with Gasteiger partial charge in [0, 0.05) is 0 Å². The Morgan fingerprint density at radius 3 is 2.62 bits per heavy atom. The Morgan fingerprint density at radius 2 is 2.00 bits per heavy atom. The van der Waals surface area contributed by atoms with Gasteiger partial charge in [0.1, 0.15) is 5.82 Å². The highest BCUT2D eigenvalue weighted by Crippen LogP contribution is 2.39. The molecule has 1 aliphatic rings. The molecule has 0 spiro atoms. The molecule has 0 bridgehead atoms.